The number of epoxide rings is 1. The predicted molar refractivity (Wildman–Crippen MR) is 66.3 cm³/mol. The molecule has 1 aliphatic heterocycles. The van der Waals surface area contributed by atoms with Crippen LogP contribution in [-0.2, 0) is 4.74 Å². The molecule has 1 heterocycles. The summed E-state index contributed by atoms with van der Waals surface area (Å²) in [5.41, 5.74) is 0.516. The number of ether oxygens (including phenoxy) is 1. The molecule has 3 rings (SSSR count). The van der Waals surface area contributed by atoms with Crippen molar-refractivity contribution in [3.8, 4) is 0 Å². The van der Waals surface area contributed by atoms with Crippen LogP contribution in [0.3, 0.4) is 0 Å². The lowest BCUT2D eigenvalue weighted by Gasteiger charge is -2.43. The van der Waals surface area contributed by atoms with Crippen LogP contribution < -0.4 is 0 Å². The first-order valence-corrected chi connectivity index (χ1v) is 6.98. The van der Waals surface area contributed by atoms with E-state index in [0.29, 0.717) is 17.6 Å². The van der Waals surface area contributed by atoms with Gasteiger partial charge in [-0.3, -0.25) is 0 Å². The molecular formula is C15H24O. The summed E-state index contributed by atoms with van der Waals surface area (Å²) in [5, 5.41) is 0. The number of allylic oxidation sites excluding steroid dienone is 2. The van der Waals surface area contributed by atoms with E-state index in [1.807, 2.05) is 0 Å². The molecule has 1 saturated carbocycles. The Balaban J connectivity index is 1.68. The summed E-state index contributed by atoms with van der Waals surface area (Å²) in [5.74, 6) is 1.80. The lowest BCUT2D eigenvalue weighted by molar-refractivity contribution is 0.0816. The van der Waals surface area contributed by atoms with Crippen molar-refractivity contribution in [2.75, 3.05) is 0 Å². The van der Waals surface area contributed by atoms with Crippen molar-refractivity contribution in [2.24, 2.45) is 17.3 Å². The van der Waals surface area contributed by atoms with Crippen LogP contribution in [0.15, 0.2) is 12.2 Å². The maximum Gasteiger partial charge on any atom is 0.0844 e. The summed E-state index contributed by atoms with van der Waals surface area (Å²) in [7, 11) is 0. The van der Waals surface area contributed by atoms with E-state index in [4.69, 9.17) is 4.74 Å². The Hall–Kier alpha value is -0.300. The Morgan fingerprint density at radius 3 is 2.56 bits per heavy atom. The second-order valence-electron chi connectivity index (χ2n) is 6.53. The van der Waals surface area contributed by atoms with E-state index >= 15 is 0 Å². The van der Waals surface area contributed by atoms with Gasteiger partial charge in [-0.25, -0.2) is 0 Å². The van der Waals surface area contributed by atoms with Crippen LogP contribution in [0.1, 0.15) is 52.4 Å². The highest BCUT2D eigenvalue weighted by molar-refractivity contribution is 5.01. The molecule has 3 aliphatic rings. The number of hydrogen-bond acceptors (Lipinski definition) is 1. The molecule has 16 heavy (non-hydrogen) atoms. The Labute approximate surface area is 99.3 Å². The second-order valence-corrected chi connectivity index (χ2v) is 6.53. The van der Waals surface area contributed by atoms with Crippen molar-refractivity contribution < 1.29 is 4.74 Å². The van der Waals surface area contributed by atoms with Crippen LogP contribution in [0, 0.1) is 17.3 Å². The third-order valence-electron chi connectivity index (χ3n) is 5.38. The molecule has 1 saturated heterocycles. The molecule has 1 heteroatoms. The van der Waals surface area contributed by atoms with Crippen molar-refractivity contribution in [1.82, 2.24) is 0 Å². The largest absolute Gasteiger partial charge is 0.370 e. The summed E-state index contributed by atoms with van der Waals surface area (Å²) < 4.78 is 5.68. The third kappa shape index (κ3) is 1.84. The van der Waals surface area contributed by atoms with E-state index in [1.54, 1.807) is 0 Å². The Morgan fingerprint density at radius 1 is 1.00 bits per heavy atom. The minimum atomic E-state index is 0.516. The average Bonchev–Trinajstić information content (AvgIpc) is 3.08. The van der Waals surface area contributed by atoms with Crippen molar-refractivity contribution >= 4 is 0 Å². The lowest BCUT2D eigenvalue weighted by atomic mass is 9.62. The molecule has 0 bridgehead atoms. The summed E-state index contributed by atoms with van der Waals surface area (Å²) >= 11 is 0. The molecule has 0 radical (unpaired) electrons. The van der Waals surface area contributed by atoms with Crippen LogP contribution >= 0.6 is 0 Å². The van der Waals surface area contributed by atoms with Gasteiger partial charge in [-0.2, -0.15) is 0 Å². The lowest BCUT2D eigenvalue weighted by Crippen LogP contribution is -2.36. The van der Waals surface area contributed by atoms with Gasteiger partial charge in [0.1, 0.15) is 0 Å². The molecule has 0 aromatic rings. The zero-order valence-electron chi connectivity index (χ0n) is 10.6. The first-order valence-electron chi connectivity index (χ1n) is 6.98. The SMILES string of the molecule is CC(C)(C1CC=CCC1)C1CCC2OC2C1. The van der Waals surface area contributed by atoms with Crippen molar-refractivity contribution in [1.29, 1.82) is 0 Å². The van der Waals surface area contributed by atoms with Gasteiger partial charge in [0.05, 0.1) is 12.2 Å². The van der Waals surface area contributed by atoms with Gasteiger partial charge in [-0.1, -0.05) is 26.0 Å². The van der Waals surface area contributed by atoms with E-state index in [9.17, 15) is 0 Å². The highest BCUT2D eigenvalue weighted by atomic mass is 16.6. The van der Waals surface area contributed by atoms with Gasteiger partial charge in [-0.15, -0.1) is 0 Å². The van der Waals surface area contributed by atoms with Gasteiger partial charge < -0.3 is 4.74 Å². The highest BCUT2D eigenvalue weighted by Crippen LogP contribution is 2.51. The molecule has 0 spiro atoms. The van der Waals surface area contributed by atoms with E-state index in [-0.39, 0.29) is 0 Å². The zero-order chi connectivity index (χ0) is 11.2. The minimum absolute atomic E-state index is 0.516. The predicted octanol–water partition coefficient (Wildman–Crippen LogP) is 3.94. The molecule has 0 aromatic heterocycles. The molecule has 0 amide bonds. The fourth-order valence-electron chi connectivity index (χ4n) is 3.88. The third-order valence-corrected chi connectivity index (χ3v) is 5.38. The van der Waals surface area contributed by atoms with Crippen molar-refractivity contribution in [3.05, 3.63) is 12.2 Å². The Bertz CT molecular complexity index is 292. The smallest absolute Gasteiger partial charge is 0.0844 e. The van der Waals surface area contributed by atoms with Gasteiger partial charge in [0.15, 0.2) is 0 Å². The second kappa shape index (κ2) is 3.87. The topological polar surface area (TPSA) is 12.5 Å². The maximum absolute atomic E-state index is 5.68. The van der Waals surface area contributed by atoms with Gasteiger partial charge in [0, 0.05) is 0 Å². The molecule has 2 aliphatic carbocycles. The summed E-state index contributed by atoms with van der Waals surface area (Å²) in [6.45, 7) is 5.01. The summed E-state index contributed by atoms with van der Waals surface area (Å²) in [6, 6.07) is 0. The standard InChI is InChI=1S/C15H24O/c1-15(2,11-6-4-3-5-7-11)12-8-9-13-14(10-12)16-13/h3-4,11-14H,5-10H2,1-2H3. The quantitative estimate of drug-likeness (QED) is 0.507. The van der Waals surface area contributed by atoms with Crippen molar-refractivity contribution in [2.45, 2.75) is 64.6 Å². The van der Waals surface area contributed by atoms with Crippen LogP contribution in [-0.4, -0.2) is 12.2 Å². The highest BCUT2D eigenvalue weighted by Gasteiger charge is 2.49. The van der Waals surface area contributed by atoms with Crippen molar-refractivity contribution in [3.63, 3.8) is 0 Å². The van der Waals surface area contributed by atoms with Crippen LogP contribution in [0.25, 0.3) is 0 Å². The fourth-order valence-corrected chi connectivity index (χ4v) is 3.88. The summed E-state index contributed by atoms with van der Waals surface area (Å²) in [4.78, 5) is 0. The van der Waals surface area contributed by atoms with E-state index in [1.165, 1.54) is 38.5 Å². The van der Waals surface area contributed by atoms with E-state index in [0.717, 1.165) is 11.8 Å². The molecule has 2 fully saturated rings. The number of hydrogen-bond donors (Lipinski definition) is 0. The van der Waals surface area contributed by atoms with Crippen LogP contribution in [0.5, 0.6) is 0 Å². The Morgan fingerprint density at radius 2 is 1.88 bits per heavy atom. The molecule has 4 atom stereocenters. The van der Waals surface area contributed by atoms with E-state index < -0.39 is 0 Å². The molecule has 1 nitrogen and oxygen atoms in total. The molecule has 0 aromatic carbocycles. The van der Waals surface area contributed by atoms with Gasteiger partial charge in [0.2, 0.25) is 0 Å². The molecule has 90 valence electrons. The van der Waals surface area contributed by atoms with Gasteiger partial charge in [0.25, 0.3) is 0 Å². The fraction of sp³-hybridized carbons (Fsp3) is 0.867. The first kappa shape index (κ1) is 10.8. The first-order chi connectivity index (χ1) is 7.68. The number of rotatable bonds is 2. The normalized spacial score (nSPS) is 42.9. The zero-order valence-corrected chi connectivity index (χ0v) is 10.6. The Kier molecular flexibility index (Phi) is 2.62. The van der Waals surface area contributed by atoms with E-state index in [2.05, 4.69) is 26.0 Å². The number of fused-ring (bicyclic) bond motifs is 1. The summed E-state index contributed by atoms with van der Waals surface area (Å²) in [6.07, 6.45) is 14.1. The van der Waals surface area contributed by atoms with Gasteiger partial charge >= 0.3 is 0 Å². The molecule has 0 N–H and O–H groups in total. The van der Waals surface area contributed by atoms with Gasteiger partial charge in [-0.05, 0) is 55.8 Å². The molecule has 4 unspecified atom stereocenters. The minimum Gasteiger partial charge on any atom is -0.370 e. The monoisotopic (exact) mass is 220 g/mol. The van der Waals surface area contributed by atoms with Crippen LogP contribution in [0.4, 0.5) is 0 Å². The van der Waals surface area contributed by atoms with Crippen LogP contribution in [0.2, 0.25) is 0 Å². The maximum atomic E-state index is 5.68. The molecular weight excluding hydrogens is 196 g/mol. The average molecular weight is 220 g/mol.